The van der Waals surface area contributed by atoms with Gasteiger partial charge in [-0.25, -0.2) is 4.98 Å². The average molecular weight is 259 g/mol. The smallest absolute Gasteiger partial charge is 0.146 e. The molecule has 19 heavy (non-hydrogen) atoms. The van der Waals surface area contributed by atoms with Crippen molar-refractivity contribution >= 4 is 0 Å². The van der Waals surface area contributed by atoms with Crippen LogP contribution in [-0.2, 0) is 20.1 Å². The molecule has 0 bridgehead atoms. The van der Waals surface area contributed by atoms with E-state index in [9.17, 15) is 0 Å². The van der Waals surface area contributed by atoms with Gasteiger partial charge in [-0.3, -0.25) is 0 Å². The van der Waals surface area contributed by atoms with Gasteiger partial charge >= 0.3 is 0 Å². The third-order valence-electron chi connectivity index (χ3n) is 3.18. The van der Waals surface area contributed by atoms with Gasteiger partial charge < -0.3 is 15.0 Å². The summed E-state index contributed by atoms with van der Waals surface area (Å²) in [6.07, 6.45) is 2.81. The summed E-state index contributed by atoms with van der Waals surface area (Å²) in [6, 6.07) is 6.15. The van der Waals surface area contributed by atoms with Crippen molar-refractivity contribution in [3.63, 3.8) is 0 Å². The van der Waals surface area contributed by atoms with Crippen LogP contribution in [0.25, 0.3) is 0 Å². The van der Waals surface area contributed by atoms with Crippen molar-refractivity contribution in [3.05, 3.63) is 47.0 Å². The van der Waals surface area contributed by atoms with E-state index in [0.717, 1.165) is 34.8 Å². The van der Waals surface area contributed by atoms with Crippen LogP contribution in [0.1, 0.15) is 22.6 Å². The maximum Gasteiger partial charge on any atom is 0.146 e. The number of hydrogen-bond donors (Lipinski definition) is 1. The molecule has 0 atom stereocenters. The molecule has 0 radical (unpaired) electrons. The van der Waals surface area contributed by atoms with Crippen LogP contribution in [0.4, 0.5) is 0 Å². The molecule has 0 aliphatic heterocycles. The molecule has 102 valence electrons. The third kappa shape index (κ3) is 3.15. The number of benzene rings is 1. The van der Waals surface area contributed by atoms with Crippen molar-refractivity contribution in [1.82, 2.24) is 9.55 Å². The third-order valence-corrected chi connectivity index (χ3v) is 3.18. The molecule has 0 spiro atoms. The maximum absolute atomic E-state index is 5.91. The van der Waals surface area contributed by atoms with Gasteiger partial charge in [0.15, 0.2) is 0 Å². The van der Waals surface area contributed by atoms with Crippen LogP contribution in [0.5, 0.6) is 5.75 Å². The van der Waals surface area contributed by atoms with E-state index in [1.165, 1.54) is 0 Å². The first-order chi connectivity index (χ1) is 9.11. The van der Waals surface area contributed by atoms with E-state index in [2.05, 4.69) is 31.0 Å². The van der Waals surface area contributed by atoms with E-state index in [1.807, 2.05) is 23.9 Å². The Labute approximate surface area is 114 Å². The Bertz CT molecular complexity index is 540. The van der Waals surface area contributed by atoms with Gasteiger partial charge in [0.05, 0.1) is 5.69 Å². The molecule has 0 unspecified atom stereocenters. The Kier molecular flexibility index (Phi) is 4.22. The molecule has 2 N–H and O–H groups in total. The Hall–Kier alpha value is -1.81. The highest BCUT2D eigenvalue weighted by Crippen LogP contribution is 2.23. The normalized spacial score (nSPS) is 10.7. The number of imidazole rings is 1. The molecule has 0 saturated heterocycles. The standard InChI is InChI=1S/C15H21N3O/c1-11-5-4-6-12(2)15(11)19-10-14-17-13(7-8-16)9-18(14)3/h4-6,9H,7-8,10,16H2,1-3H3. The summed E-state index contributed by atoms with van der Waals surface area (Å²) in [5.74, 6) is 1.87. The molecular formula is C15H21N3O. The average Bonchev–Trinajstić information content (AvgIpc) is 2.70. The number of ether oxygens (including phenoxy) is 1. The Morgan fingerprint density at radius 2 is 1.95 bits per heavy atom. The van der Waals surface area contributed by atoms with Gasteiger partial charge in [0.2, 0.25) is 0 Å². The molecule has 0 aliphatic rings. The van der Waals surface area contributed by atoms with Crippen molar-refractivity contribution < 1.29 is 4.74 Å². The van der Waals surface area contributed by atoms with E-state index in [0.29, 0.717) is 13.2 Å². The van der Waals surface area contributed by atoms with E-state index in [-0.39, 0.29) is 0 Å². The van der Waals surface area contributed by atoms with Crippen LogP contribution < -0.4 is 10.5 Å². The fourth-order valence-corrected chi connectivity index (χ4v) is 2.14. The molecule has 2 aromatic rings. The second-order valence-electron chi connectivity index (χ2n) is 4.81. The highest BCUT2D eigenvalue weighted by atomic mass is 16.5. The highest BCUT2D eigenvalue weighted by molar-refractivity contribution is 5.39. The Balaban J connectivity index is 2.10. The number of nitrogens with zero attached hydrogens (tertiary/aromatic N) is 2. The van der Waals surface area contributed by atoms with Crippen molar-refractivity contribution in [2.24, 2.45) is 12.8 Å². The van der Waals surface area contributed by atoms with Crippen LogP contribution in [0.2, 0.25) is 0 Å². The van der Waals surface area contributed by atoms with Crippen LogP contribution in [0.15, 0.2) is 24.4 Å². The molecular weight excluding hydrogens is 238 g/mol. The van der Waals surface area contributed by atoms with Gasteiger partial charge in [-0.05, 0) is 31.5 Å². The number of rotatable bonds is 5. The van der Waals surface area contributed by atoms with E-state index in [4.69, 9.17) is 10.5 Å². The molecule has 0 fully saturated rings. The highest BCUT2D eigenvalue weighted by Gasteiger charge is 2.08. The summed E-state index contributed by atoms with van der Waals surface area (Å²) in [6.45, 7) is 5.21. The summed E-state index contributed by atoms with van der Waals surface area (Å²) in [7, 11) is 1.98. The molecule has 2 rings (SSSR count). The molecule has 0 amide bonds. The maximum atomic E-state index is 5.91. The number of hydrogen-bond acceptors (Lipinski definition) is 3. The number of para-hydroxylation sites is 1. The van der Waals surface area contributed by atoms with Gasteiger partial charge in [0.1, 0.15) is 18.2 Å². The van der Waals surface area contributed by atoms with Gasteiger partial charge in [-0.1, -0.05) is 18.2 Å². The lowest BCUT2D eigenvalue weighted by Crippen LogP contribution is -2.05. The van der Waals surface area contributed by atoms with E-state index < -0.39 is 0 Å². The van der Waals surface area contributed by atoms with Crippen LogP contribution in [-0.4, -0.2) is 16.1 Å². The van der Waals surface area contributed by atoms with Crippen molar-refractivity contribution in [1.29, 1.82) is 0 Å². The zero-order valence-corrected chi connectivity index (χ0v) is 11.8. The fourth-order valence-electron chi connectivity index (χ4n) is 2.14. The minimum Gasteiger partial charge on any atom is -0.485 e. The van der Waals surface area contributed by atoms with Crippen LogP contribution in [0.3, 0.4) is 0 Å². The topological polar surface area (TPSA) is 53.1 Å². The molecule has 1 aromatic heterocycles. The number of aryl methyl sites for hydroxylation is 3. The number of aromatic nitrogens is 2. The molecule has 4 heteroatoms. The lowest BCUT2D eigenvalue weighted by molar-refractivity contribution is 0.288. The van der Waals surface area contributed by atoms with Gasteiger partial charge in [0, 0.05) is 19.7 Å². The minimum atomic E-state index is 0.479. The van der Waals surface area contributed by atoms with E-state index >= 15 is 0 Å². The minimum absolute atomic E-state index is 0.479. The quantitative estimate of drug-likeness (QED) is 0.894. The van der Waals surface area contributed by atoms with Gasteiger partial charge in [-0.2, -0.15) is 0 Å². The molecule has 0 aliphatic carbocycles. The van der Waals surface area contributed by atoms with Gasteiger partial charge in [-0.15, -0.1) is 0 Å². The summed E-state index contributed by atoms with van der Waals surface area (Å²) in [5.41, 5.74) is 8.86. The molecule has 4 nitrogen and oxygen atoms in total. The summed E-state index contributed by atoms with van der Waals surface area (Å²) < 4.78 is 7.91. The first kappa shape index (κ1) is 13.6. The zero-order chi connectivity index (χ0) is 13.8. The zero-order valence-electron chi connectivity index (χ0n) is 11.8. The van der Waals surface area contributed by atoms with E-state index in [1.54, 1.807) is 0 Å². The largest absolute Gasteiger partial charge is 0.485 e. The van der Waals surface area contributed by atoms with Crippen molar-refractivity contribution in [2.75, 3.05) is 6.54 Å². The SMILES string of the molecule is Cc1cccc(C)c1OCc1nc(CCN)cn1C. The monoisotopic (exact) mass is 259 g/mol. The summed E-state index contributed by atoms with van der Waals surface area (Å²) in [4.78, 5) is 4.53. The molecule has 1 aromatic carbocycles. The second-order valence-corrected chi connectivity index (χ2v) is 4.81. The second kappa shape index (κ2) is 5.89. The molecule has 1 heterocycles. The lowest BCUT2D eigenvalue weighted by atomic mass is 10.1. The van der Waals surface area contributed by atoms with Crippen LogP contribution >= 0.6 is 0 Å². The lowest BCUT2D eigenvalue weighted by Gasteiger charge is -2.11. The Morgan fingerprint density at radius 3 is 2.58 bits per heavy atom. The van der Waals surface area contributed by atoms with Crippen molar-refractivity contribution in [2.45, 2.75) is 26.9 Å². The predicted molar refractivity (Wildman–Crippen MR) is 76.2 cm³/mol. The first-order valence-electron chi connectivity index (χ1n) is 6.52. The first-order valence-corrected chi connectivity index (χ1v) is 6.52. The summed E-state index contributed by atoms with van der Waals surface area (Å²) in [5, 5.41) is 0. The predicted octanol–water partition coefficient (Wildman–Crippen LogP) is 2.12. The van der Waals surface area contributed by atoms with Gasteiger partial charge in [0.25, 0.3) is 0 Å². The molecule has 0 saturated carbocycles. The van der Waals surface area contributed by atoms with Crippen LogP contribution in [0, 0.1) is 13.8 Å². The van der Waals surface area contributed by atoms with Crippen molar-refractivity contribution in [3.8, 4) is 5.75 Å². The number of nitrogens with two attached hydrogens (primary N) is 1. The summed E-state index contributed by atoms with van der Waals surface area (Å²) >= 11 is 0. The fraction of sp³-hybridized carbons (Fsp3) is 0.400. The Morgan fingerprint density at radius 1 is 1.26 bits per heavy atom.